The molecule has 7 heteroatoms. The number of primary amides is 1. The van der Waals surface area contributed by atoms with Crippen LogP contribution < -0.4 is 16.0 Å². The van der Waals surface area contributed by atoms with E-state index in [0.717, 1.165) is 11.1 Å². The van der Waals surface area contributed by atoms with Gasteiger partial charge in [-0.25, -0.2) is 9.59 Å². The third-order valence-electron chi connectivity index (χ3n) is 3.02. The summed E-state index contributed by atoms with van der Waals surface area (Å²) in [6.45, 7) is 3.79. The van der Waals surface area contributed by atoms with Crippen LogP contribution in [-0.2, 0) is 9.59 Å². The molecule has 0 fully saturated rings. The zero-order valence-electron chi connectivity index (χ0n) is 12.2. The molecule has 0 spiro atoms. The van der Waals surface area contributed by atoms with E-state index in [1.54, 1.807) is 6.07 Å². The average molecular weight is 293 g/mol. The maximum absolute atomic E-state index is 12.1. The normalized spacial score (nSPS) is 11.6. The summed E-state index contributed by atoms with van der Waals surface area (Å²) in [6.07, 6.45) is -0.457. The molecule has 7 nitrogen and oxygen atoms in total. The molecule has 3 amide bonds. The maximum Gasteiger partial charge on any atom is 0.326 e. The van der Waals surface area contributed by atoms with Crippen LogP contribution in [-0.4, -0.2) is 36.1 Å². The third-order valence-corrected chi connectivity index (χ3v) is 3.02. The number of anilines is 1. The van der Waals surface area contributed by atoms with E-state index in [0.29, 0.717) is 5.69 Å². The topological polar surface area (TPSA) is 113 Å². The molecule has 1 aromatic rings. The van der Waals surface area contributed by atoms with Gasteiger partial charge in [-0.1, -0.05) is 17.7 Å². The van der Waals surface area contributed by atoms with E-state index in [9.17, 15) is 14.4 Å². The monoisotopic (exact) mass is 293 g/mol. The number of carboxylic acids is 1. The fraction of sp³-hybridized carbons (Fsp3) is 0.357. The molecule has 1 atom stereocenters. The Labute approximate surface area is 122 Å². The van der Waals surface area contributed by atoms with Crippen LogP contribution in [0.15, 0.2) is 18.2 Å². The van der Waals surface area contributed by atoms with Crippen molar-refractivity contribution in [1.82, 2.24) is 5.32 Å². The van der Waals surface area contributed by atoms with Gasteiger partial charge in [0, 0.05) is 12.7 Å². The summed E-state index contributed by atoms with van der Waals surface area (Å²) in [5, 5.41) is 11.2. The summed E-state index contributed by atoms with van der Waals surface area (Å²) >= 11 is 0. The molecular weight excluding hydrogens is 274 g/mol. The fourth-order valence-electron chi connectivity index (χ4n) is 1.94. The number of hydrogen-bond acceptors (Lipinski definition) is 3. The lowest BCUT2D eigenvalue weighted by Gasteiger charge is -2.22. The van der Waals surface area contributed by atoms with Gasteiger partial charge in [0.1, 0.15) is 6.04 Å². The van der Waals surface area contributed by atoms with Crippen molar-refractivity contribution < 1.29 is 19.5 Å². The number of aryl methyl sites for hydroxylation is 2. The van der Waals surface area contributed by atoms with E-state index >= 15 is 0 Å². The number of nitrogens with two attached hydrogens (primary N) is 1. The predicted molar refractivity (Wildman–Crippen MR) is 78.1 cm³/mol. The number of rotatable bonds is 5. The highest BCUT2D eigenvalue weighted by atomic mass is 16.4. The molecule has 0 unspecified atom stereocenters. The van der Waals surface area contributed by atoms with Crippen LogP contribution in [0, 0.1) is 13.8 Å². The number of nitrogens with one attached hydrogen (secondary N) is 1. The van der Waals surface area contributed by atoms with Gasteiger partial charge in [0.05, 0.1) is 6.42 Å². The van der Waals surface area contributed by atoms with Crippen molar-refractivity contribution in [3.05, 3.63) is 29.3 Å². The fourth-order valence-corrected chi connectivity index (χ4v) is 1.94. The first-order chi connectivity index (χ1) is 9.72. The van der Waals surface area contributed by atoms with Gasteiger partial charge in [0.25, 0.3) is 0 Å². The van der Waals surface area contributed by atoms with Crippen LogP contribution in [0.5, 0.6) is 0 Å². The van der Waals surface area contributed by atoms with Crippen LogP contribution >= 0.6 is 0 Å². The van der Waals surface area contributed by atoms with Gasteiger partial charge >= 0.3 is 12.0 Å². The minimum absolute atomic E-state index is 0.457. The Morgan fingerprint density at radius 1 is 1.33 bits per heavy atom. The number of carbonyl (C=O) groups excluding carboxylic acids is 2. The van der Waals surface area contributed by atoms with Crippen molar-refractivity contribution in [2.24, 2.45) is 5.73 Å². The molecule has 0 saturated heterocycles. The maximum atomic E-state index is 12.1. The molecule has 114 valence electrons. The second kappa shape index (κ2) is 6.74. The molecular formula is C14H19N3O4. The molecule has 0 radical (unpaired) electrons. The van der Waals surface area contributed by atoms with E-state index in [1.807, 2.05) is 26.0 Å². The van der Waals surface area contributed by atoms with Crippen molar-refractivity contribution in [3.8, 4) is 0 Å². The lowest BCUT2D eigenvalue weighted by Crippen LogP contribution is -2.48. The molecule has 0 aliphatic carbocycles. The molecule has 0 aromatic heterocycles. The SMILES string of the molecule is Cc1ccc(N(C)C(=O)N[C@@H](CC(N)=O)C(=O)O)c(C)c1. The van der Waals surface area contributed by atoms with E-state index in [1.165, 1.54) is 11.9 Å². The number of amides is 3. The molecule has 21 heavy (non-hydrogen) atoms. The van der Waals surface area contributed by atoms with Crippen molar-refractivity contribution in [3.63, 3.8) is 0 Å². The van der Waals surface area contributed by atoms with Crippen LogP contribution in [0.25, 0.3) is 0 Å². The van der Waals surface area contributed by atoms with Crippen LogP contribution in [0.3, 0.4) is 0 Å². The third kappa shape index (κ3) is 4.48. The van der Waals surface area contributed by atoms with Gasteiger partial charge in [0.15, 0.2) is 0 Å². The molecule has 0 aliphatic heterocycles. The minimum atomic E-state index is -1.34. The van der Waals surface area contributed by atoms with E-state index in [2.05, 4.69) is 5.32 Å². The summed E-state index contributed by atoms with van der Waals surface area (Å²) in [7, 11) is 1.52. The van der Waals surface area contributed by atoms with Crippen molar-refractivity contribution in [2.45, 2.75) is 26.3 Å². The smallest absolute Gasteiger partial charge is 0.326 e. The van der Waals surface area contributed by atoms with Crippen LogP contribution in [0.2, 0.25) is 0 Å². The average Bonchev–Trinajstić information content (AvgIpc) is 2.36. The number of nitrogens with zero attached hydrogens (tertiary/aromatic N) is 1. The Hall–Kier alpha value is -2.57. The van der Waals surface area contributed by atoms with Gasteiger partial charge in [-0.2, -0.15) is 0 Å². The number of benzene rings is 1. The highest BCUT2D eigenvalue weighted by molar-refractivity contribution is 5.95. The molecule has 0 heterocycles. The second-order valence-corrected chi connectivity index (χ2v) is 4.86. The first-order valence-corrected chi connectivity index (χ1v) is 6.35. The lowest BCUT2D eigenvalue weighted by atomic mass is 10.1. The van der Waals surface area contributed by atoms with Crippen LogP contribution in [0.1, 0.15) is 17.5 Å². The Balaban J connectivity index is 2.86. The highest BCUT2D eigenvalue weighted by Crippen LogP contribution is 2.20. The van der Waals surface area contributed by atoms with Crippen LogP contribution in [0.4, 0.5) is 10.5 Å². The van der Waals surface area contributed by atoms with Gasteiger partial charge < -0.3 is 16.2 Å². The number of urea groups is 1. The highest BCUT2D eigenvalue weighted by Gasteiger charge is 2.24. The first kappa shape index (κ1) is 16.5. The lowest BCUT2D eigenvalue weighted by molar-refractivity contribution is -0.140. The Morgan fingerprint density at radius 3 is 2.43 bits per heavy atom. The number of aliphatic carboxylic acids is 1. The van der Waals surface area contributed by atoms with Crippen molar-refractivity contribution in [2.75, 3.05) is 11.9 Å². The quantitative estimate of drug-likeness (QED) is 0.744. The minimum Gasteiger partial charge on any atom is -0.480 e. The molecule has 4 N–H and O–H groups in total. The van der Waals surface area contributed by atoms with Crippen molar-refractivity contribution in [1.29, 1.82) is 0 Å². The molecule has 0 aliphatic rings. The summed E-state index contributed by atoms with van der Waals surface area (Å²) in [6, 6.07) is 3.58. The molecule has 0 bridgehead atoms. The summed E-state index contributed by atoms with van der Waals surface area (Å²) < 4.78 is 0. The molecule has 1 aromatic carbocycles. The summed E-state index contributed by atoms with van der Waals surface area (Å²) in [4.78, 5) is 35.2. The second-order valence-electron chi connectivity index (χ2n) is 4.86. The number of carbonyl (C=O) groups is 3. The summed E-state index contributed by atoms with van der Waals surface area (Å²) in [5.41, 5.74) is 7.56. The zero-order chi connectivity index (χ0) is 16.2. The van der Waals surface area contributed by atoms with Gasteiger partial charge in [-0.05, 0) is 25.5 Å². The van der Waals surface area contributed by atoms with Crippen molar-refractivity contribution >= 4 is 23.6 Å². The van der Waals surface area contributed by atoms with E-state index in [4.69, 9.17) is 10.8 Å². The number of carboxylic acid groups (broad SMARTS) is 1. The summed E-state index contributed by atoms with van der Waals surface area (Å²) in [5.74, 6) is -2.10. The Bertz CT molecular complexity index is 571. The Kier molecular flexibility index (Phi) is 5.29. The Morgan fingerprint density at radius 2 is 1.95 bits per heavy atom. The van der Waals surface area contributed by atoms with Gasteiger partial charge in [0.2, 0.25) is 5.91 Å². The molecule has 0 saturated carbocycles. The zero-order valence-corrected chi connectivity index (χ0v) is 12.2. The molecule has 1 rings (SSSR count). The van der Waals surface area contributed by atoms with E-state index < -0.39 is 30.4 Å². The van der Waals surface area contributed by atoms with Gasteiger partial charge in [-0.3, -0.25) is 9.69 Å². The van der Waals surface area contributed by atoms with Gasteiger partial charge in [-0.15, -0.1) is 0 Å². The largest absolute Gasteiger partial charge is 0.480 e. The standard InChI is InChI=1S/C14H19N3O4/c1-8-4-5-11(9(2)6-8)17(3)14(21)16-10(13(19)20)7-12(15)18/h4-6,10H,7H2,1-3H3,(H2,15,18)(H,16,21)(H,19,20)/t10-/m0/s1. The first-order valence-electron chi connectivity index (χ1n) is 6.35. The number of hydrogen-bond donors (Lipinski definition) is 3. The predicted octanol–water partition coefficient (Wildman–Crippen LogP) is 0.778. The van der Waals surface area contributed by atoms with E-state index in [-0.39, 0.29) is 0 Å².